The second-order valence-electron chi connectivity index (χ2n) is 4.34. The van der Waals surface area contributed by atoms with Crippen molar-refractivity contribution in [1.82, 2.24) is 0 Å². The number of halogens is 1. The molecule has 1 aliphatic rings. The lowest BCUT2D eigenvalue weighted by Crippen LogP contribution is -2.15. The van der Waals surface area contributed by atoms with Gasteiger partial charge >= 0.3 is 0 Å². The maximum Gasteiger partial charge on any atom is 0.136 e. The van der Waals surface area contributed by atoms with Crippen LogP contribution < -0.4 is 0 Å². The number of hydrogen-bond acceptors (Lipinski definition) is 1. The van der Waals surface area contributed by atoms with Gasteiger partial charge in [0.25, 0.3) is 0 Å². The third-order valence-electron chi connectivity index (χ3n) is 2.22. The van der Waals surface area contributed by atoms with E-state index >= 15 is 0 Å². The van der Waals surface area contributed by atoms with Gasteiger partial charge in [0.1, 0.15) is 5.76 Å². The molecule has 0 fully saturated rings. The van der Waals surface area contributed by atoms with Crippen LogP contribution in [-0.2, 0) is 4.74 Å². The van der Waals surface area contributed by atoms with Crippen molar-refractivity contribution in [2.24, 2.45) is 5.41 Å². The van der Waals surface area contributed by atoms with Crippen LogP contribution in [0.3, 0.4) is 0 Å². The van der Waals surface area contributed by atoms with E-state index in [1.54, 1.807) is 7.11 Å². The Morgan fingerprint density at radius 3 is 2.38 bits per heavy atom. The molecule has 0 unspecified atom stereocenters. The largest absolute Gasteiger partial charge is 0.495 e. The molecule has 0 amide bonds. The van der Waals surface area contributed by atoms with Crippen molar-refractivity contribution in [2.45, 2.75) is 33.6 Å². The molecule has 0 heterocycles. The fourth-order valence-electron chi connectivity index (χ4n) is 1.56. The fourth-order valence-corrected chi connectivity index (χ4v) is 1.85. The molecule has 13 heavy (non-hydrogen) atoms. The predicted octanol–water partition coefficient (Wildman–Crippen LogP) is 3.85. The van der Waals surface area contributed by atoms with Crippen molar-refractivity contribution in [1.29, 1.82) is 0 Å². The van der Waals surface area contributed by atoms with Crippen LogP contribution in [0.1, 0.15) is 33.6 Å². The van der Waals surface area contributed by atoms with Crippen LogP contribution in [0.25, 0.3) is 0 Å². The summed E-state index contributed by atoms with van der Waals surface area (Å²) in [5, 5.41) is 0.856. The normalized spacial score (nSPS) is 18.7. The molecule has 0 saturated carbocycles. The summed E-state index contributed by atoms with van der Waals surface area (Å²) in [7, 11) is 1.68. The molecule has 1 aliphatic carbocycles. The molecule has 0 saturated heterocycles. The van der Waals surface area contributed by atoms with Gasteiger partial charge in [-0.05, 0) is 23.8 Å². The molecule has 0 aromatic heterocycles. The monoisotopic (exact) mass is 200 g/mol. The quantitative estimate of drug-likeness (QED) is 0.625. The molecule has 0 aromatic rings. The van der Waals surface area contributed by atoms with Crippen LogP contribution in [0.15, 0.2) is 22.4 Å². The minimum atomic E-state index is 0.117. The van der Waals surface area contributed by atoms with Crippen molar-refractivity contribution in [3.05, 3.63) is 22.4 Å². The lowest BCUT2D eigenvalue weighted by atomic mass is 9.82. The number of hydrogen-bond donors (Lipinski definition) is 0. The van der Waals surface area contributed by atoms with E-state index in [4.69, 9.17) is 16.3 Å². The topological polar surface area (TPSA) is 9.23 Å². The van der Waals surface area contributed by atoms with Crippen LogP contribution in [0.5, 0.6) is 0 Å². The smallest absolute Gasteiger partial charge is 0.136 e. The van der Waals surface area contributed by atoms with Crippen molar-refractivity contribution in [3.8, 4) is 0 Å². The van der Waals surface area contributed by atoms with E-state index < -0.39 is 0 Å². The maximum absolute atomic E-state index is 6.10. The average molecular weight is 201 g/mol. The Morgan fingerprint density at radius 1 is 1.38 bits per heavy atom. The molecule has 0 aliphatic heterocycles. The lowest BCUT2D eigenvalue weighted by molar-refractivity contribution is 0.276. The van der Waals surface area contributed by atoms with Crippen molar-refractivity contribution in [2.75, 3.05) is 7.11 Å². The molecule has 1 nitrogen and oxygen atoms in total. The molecule has 1 rings (SSSR count). The molecular weight excluding hydrogens is 184 g/mol. The SMILES string of the molecule is COC1=C(Cl)CCC=C1C(C)(C)C. The lowest BCUT2D eigenvalue weighted by Gasteiger charge is -2.27. The minimum absolute atomic E-state index is 0.117. The molecule has 2 heteroatoms. The van der Waals surface area contributed by atoms with E-state index in [0.29, 0.717) is 0 Å². The first kappa shape index (κ1) is 10.6. The highest BCUT2D eigenvalue weighted by Crippen LogP contribution is 2.38. The van der Waals surface area contributed by atoms with Crippen LogP contribution in [0.2, 0.25) is 0 Å². The summed E-state index contributed by atoms with van der Waals surface area (Å²) >= 11 is 6.10. The van der Waals surface area contributed by atoms with Gasteiger partial charge in [-0.25, -0.2) is 0 Å². The summed E-state index contributed by atoms with van der Waals surface area (Å²) in [5.74, 6) is 0.875. The van der Waals surface area contributed by atoms with Crippen LogP contribution >= 0.6 is 11.6 Å². The molecule has 0 N–H and O–H groups in total. The summed E-state index contributed by atoms with van der Waals surface area (Å²) in [5.41, 5.74) is 1.34. The van der Waals surface area contributed by atoms with Gasteiger partial charge in [0.15, 0.2) is 0 Å². The molecule has 0 radical (unpaired) electrons. The Morgan fingerprint density at radius 2 is 2.00 bits per heavy atom. The van der Waals surface area contributed by atoms with Gasteiger partial charge in [-0.2, -0.15) is 0 Å². The van der Waals surface area contributed by atoms with Crippen LogP contribution in [0, 0.1) is 5.41 Å². The summed E-state index contributed by atoms with van der Waals surface area (Å²) in [6, 6.07) is 0. The van der Waals surface area contributed by atoms with Gasteiger partial charge in [-0.3, -0.25) is 0 Å². The van der Waals surface area contributed by atoms with E-state index in [2.05, 4.69) is 26.8 Å². The molecule has 0 bridgehead atoms. The maximum atomic E-state index is 6.10. The first-order valence-electron chi connectivity index (χ1n) is 4.60. The Hall–Kier alpha value is -0.430. The molecule has 0 spiro atoms. The van der Waals surface area contributed by atoms with Gasteiger partial charge < -0.3 is 4.74 Å². The molecule has 0 aromatic carbocycles. The highest BCUT2D eigenvalue weighted by atomic mass is 35.5. The second-order valence-corrected chi connectivity index (χ2v) is 4.80. The summed E-state index contributed by atoms with van der Waals surface area (Å²) in [6.45, 7) is 6.52. The van der Waals surface area contributed by atoms with Gasteiger partial charge in [0.2, 0.25) is 0 Å². The molecule has 0 atom stereocenters. The second kappa shape index (κ2) is 3.75. The van der Waals surface area contributed by atoms with Crippen molar-refractivity contribution in [3.63, 3.8) is 0 Å². The van der Waals surface area contributed by atoms with E-state index in [1.165, 1.54) is 5.57 Å². The Bertz CT molecular complexity index is 256. The van der Waals surface area contributed by atoms with Gasteiger partial charge in [-0.1, -0.05) is 38.4 Å². The average Bonchev–Trinajstić information content (AvgIpc) is 2.02. The van der Waals surface area contributed by atoms with E-state index in [9.17, 15) is 0 Å². The first-order valence-corrected chi connectivity index (χ1v) is 4.98. The number of rotatable bonds is 1. The zero-order chi connectivity index (χ0) is 10.1. The third-order valence-corrected chi connectivity index (χ3v) is 2.58. The van der Waals surface area contributed by atoms with Gasteiger partial charge in [-0.15, -0.1) is 0 Å². The summed E-state index contributed by atoms with van der Waals surface area (Å²) < 4.78 is 5.32. The fraction of sp³-hybridized carbons (Fsp3) is 0.636. The summed E-state index contributed by atoms with van der Waals surface area (Å²) in [4.78, 5) is 0. The van der Waals surface area contributed by atoms with Crippen LogP contribution in [0.4, 0.5) is 0 Å². The van der Waals surface area contributed by atoms with Gasteiger partial charge in [0.05, 0.1) is 12.1 Å². The minimum Gasteiger partial charge on any atom is -0.495 e. The van der Waals surface area contributed by atoms with E-state index in [1.807, 2.05) is 0 Å². The van der Waals surface area contributed by atoms with Crippen molar-refractivity contribution >= 4 is 11.6 Å². The first-order chi connectivity index (χ1) is 5.96. The standard InChI is InChI=1S/C11H17ClO/c1-11(2,3)8-6-5-7-9(12)10(8)13-4/h6H,5,7H2,1-4H3. The molecule has 74 valence electrons. The number of methoxy groups -OCH3 is 1. The zero-order valence-corrected chi connectivity index (χ0v) is 9.53. The zero-order valence-electron chi connectivity index (χ0n) is 8.78. The third kappa shape index (κ3) is 2.28. The Labute approximate surface area is 85.4 Å². The summed E-state index contributed by atoms with van der Waals surface area (Å²) in [6.07, 6.45) is 4.16. The number of allylic oxidation sites excluding steroid dienone is 3. The van der Waals surface area contributed by atoms with Gasteiger partial charge in [0, 0.05) is 0 Å². The number of ether oxygens (including phenoxy) is 1. The molecular formula is C11H17ClO. The Balaban J connectivity index is 3.04. The predicted molar refractivity (Wildman–Crippen MR) is 56.7 cm³/mol. The Kier molecular flexibility index (Phi) is 3.07. The highest BCUT2D eigenvalue weighted by Gasteiger charge is 2.25. The van der Waals surface area contributed by atoms with E-state index in [-0.39, 0.29) is 5.41 Å². The van der Waals surface area contributed by atoms with Crippen molar-refractivity contribution < 1.29 is 4.74 Å². The van der Waals surface area contributed by atoms with Crippen LogP contribution in [-0.4, -0.2) is 7.11 Å². The highest BCUT2D eigenvalue weighted by molar-refractivity contribution is 6.30. The van der Waals surface area contributed by atoms with E-state index in [0.717, 1.165) is 23.6 Å².